The van der Waals surface area contributed by atoms with Gasteiger partial charge in [0, 0.05) is 8.92 Å². The first-order chi connectivity index (χ1) is 21.8. The van der Waals surface area contributed by atoms with Gasteiger partial charge in [-0.05, 0) is 116 Å². The number of ether oxygens (including phenoxy) is 1. The maximum atomic E-state index is 13.0. The van der Waals surface area contributed by atoms with Crippen molar-refractivity contribution in [2.75, 3.05) is 6.61 Å². The van der Waals surface area contributed by atoms with E-state index >= 15 is 0 Å². The first-order valence-corrected chi connectivity index (χ1v) is 20.4. The SMILES string of the molecule is C=CCOC(=O)CC(C)(C)CC(=O)OI=C1CC[C@](C)(C(C)CC[C@@H]2C3[C@H](C(=C)C)CC[C@]3(C=O)CCC2(C)C)C(CCC)C1(C)C. The third-order valence-corrected chi connectivity index (χ3v) is 16.4. The minimum atomic E-state index is -0.875. The topological polar surface area (TPSA) is 69.7 Å². The first kappa shape index (κ1) is 40.1. The van der Waals surface area contributed by atoms with Gasteiger partial charge in [0.15, 0.2) is 0 Å². The maximum absolute atomic E-state index is 13.0. The molecule has 3 unspecified atom stereocenters. The van der Waals surface area contributed by atoms with E-state index in [0.717, 1.165) is 44.9 Å². The Bertz CT molecular complexity index is 1200. The molecule has 6 heteroatoms. The van der Waals surface area contributed by atoms with Crippen molar-refractivity contribution in [2.24, 2.45) is 56.7 Å². The lowest BCUT2D eigenvalue weighted by atomic mass is 9.49. The lowest BCUT2D eigenvalue weighted by Gasteiger charge is -2.56. The number of esters is 1. The van der Waals surface area contributed by atoms with E-state index in [2.05, 4.69) is 68.5 Å². The highest BCUT2D eigenvalue weighted by Gasteiger charge is 2.58. The Morgan fingerprint density at radius 1 is 1.04 bits per heavy atom. The number of hydrogen-bond acceptors (Lipinski definition) is 5. The molecule has 3 aliphatic carbocycles. The largest absolute Gasteiger partial charge is 0.461 e. The van der Waals surface area contributed by atoms with Crippen LogP contribution in [0.4, 0.5) is 0 Å². The van der Waals surface area contributed by atoms with Crippen LogP contribution < -0.4 is 0 Å². The van der Waals surface area contributed by atoms with Crippen molar-refractivity contribution in [1.29, 1.82) is 0 Å². The van der Waals surface area contributed by atoms with E-state index in [9.17, 15) is 14.4 Å². The summed E-state index contributed by atoms with van der Waals surface area (Å²) in [6, 6.07) is 0. The van der Waals surface area contributed by atoms with E-state index in [-0.39, 0.29) is 53.0 Å². The minimum absolute atomic E-state index is 0.0118. The van der Waals surface area contributed by atoms with Crippen LogP contribution in [0.5, 0.6) is 0 Å². The Morgan fingerprint density at radius 2 is 1.70 bits per heavy atom. The average Bonchev–Trinajstić information content (AvgIpc) is 3.36. The Morgan fingerprint density at radius 3 is 2.30 bits per heavy atom. The molecule has 47 heavy (non-hydrogen) atoms. The summed E-state index contributed by atoms with van der Waals surface area (Å²) in [5.74, 6) is 1.93. The normalized spacial score (nSPS) is 33.2. The van der Waals surface area contributed by atoms with E-state index < -0.39 is 26.6 Å². The molecule has 0 aromatic carbocycles. The van der Waals surface area contributed by atoms with Crippen LogP contribution in [0.2, 0.25) is 0 Å². The lowest BCUT2D eigenvalue weighted by molar-refractivity contribution is -0.145. The summed E-state index contributed by atoms with van der Waals surface area (Å²) < 4.78 is 12.6. The lowest BCUT2D eigenvalue weighted by Crippen LogP contribution is -2.50. The Labute approximate surface area is 298 Å². The summed E-state index contributed by atoms with van der Waals surface area (Å²) in [6.45, 7) is 31.3. The number of carbonyl (C=O) groups is 3. The summed E-state index contributed by atoms with van der Waals surface area (Å²) in [5, 5.41) is 0. The molecule has 3 rings (SSSR count). The van der Waals surface area contributed by atoms with E-state index in [1.165, 1.54) is 34.6 Å². The summed E-state index contributed by atoms with van der Waals surface area (Å²) in [4.78, 5) is 37.9. The molecule has 7 atom stereocenters. The summed E-state index contributed by atoms with van der Waals surface area (Å²) in [7, 11) is 0. The van der Waals surface area contributed by atoms with Crippen LogP contribution in [0, 0.1) is 56.7 Å². The van der Waals surface area contributed by atoms with Gasteiger partial charge in [-0.3, -0.25) is 9.59 Å². The summed E-state index contributed by atoms with van der Waals surface area (Å²) >= 11 is -0.875. The molecule has 0 saturated heterocycles. The standard InChI is InChI=1S/C41H67IO5/c1-13-15-32-39(10,11)33(42-47-35(45)26-37(6,7)25-34(44)46-24-14-2)19-20-40(32,12)29(5)16-17-31-36-30(28(3)4)18-21-41(36,27-43)23-22-38(31,8)9/h14,27,29-32,36H,2-3,13,15-26H2,1,4-12H3/t29?,30-,31+,32?,36?,40+,41+/m0/s1. The number of allylic oxidation sites excluding steroid dienone is 1. The van der Waals surface area contributed by atoms with E-state index in [1.54, 1.807) is 6.08 Å². The molecule has 0 spiro atoms. The Kier molecular flexibility index (Phi) is 13.4. The highest BCUT2D eigenvalue weighted by atomic mass is 127. The first-order valence-electron chi connectivity index (χ1n) is 18.4. The highest BCUT2D eigenvalue weighted by molar-refractivity contribution is 14.2. The molecule has 0 radical (unpaired) electrons. The van der Waals surface area contributed by atoms with Gasteiger partial charge in [-0.25, -0.2) is 0 Å². The summed E-state index contributed by atoms with van der Waals surface area (Å²) in [5.41, 5.74) is 0.978. The maximum Gasteiger partial charge on any atom is 0.315 e. The number of fused-ring (bicyclic) bond motifs is 1. The molecule has 0 heterocycles. The average molecular weight is 767 g/mol. The number of aldehydes is 1. The van der Waals surface area contributed by atoms with Gasteiger partial charge in [-0.1, -0.05) is 93.5 Å². The zero-order chi connectivity index (χ0) is 35.4. The van der Waals surface area contributed by atoms with Crippen LogP contribution in [-0.4, -0.2) is 28.3 Å². The summed E-state index contributed by atoms with van der Waals surface area (Å²) in [6.07, 6.45) is 14.4. The Hall–Kier alpha value is -1.31. The second kappa shape index (κ2) is 15.7. The molecule has 0 bridgehead atoms. The van der Waals surface area contributed by atoms with Crippen LogP contribution in [0.1, 0.15) is 146 Å². The second-order valence-corrected chi connectivity index (χ2v) is 20.1. The van der Waals surface area contributed by atoms with Crippen molar-refractivity contribution in [3.05, 3.63) is 24.8 Å². The molecule has 0 N–H and O–H groups in total. The number of hydrogen-bond donors (Lipinski definition) is 0. The zero-order valence-corrected chi connectivity index (χ0v) is 33.7. The number of halogens is 1. The molecule has 3 fully saturated rings. The fraction of sp³-hybridized carbons (Fsp3) is 0.805. The zero-order valence-electron chi connectivity index (χ0n) is 31.6. The Balaban J connectivity index is 1.75. The van der Waals surface area contributed by atoms with Gasteiger partial charge in [0.25, 0.3) is 0 Å². The molecule has 5 nitrogen and oxygen atoms in total. The van der Waals surface area contributed by atoms with Crippen molar-refractivity contribution < 1.29 is 22.2 Å². The highest BCUT2D eigenvalue weighted by Crippen LogP contribution is 2.64. The smallest absolute Gasteiger partial charge is 0.315 e. The number of rotatable bonds is 15. The van der Waals surface area contributed by atoms with Crippen LogP contribution >= 0.6 is 21.1 Å². The van der Waals surface area contributed by atoms with Gasteiger partial charge in [-0.15, -0.1) is 0 Å². The number of carbonyl (C=O) groups excluding carboxylic acids is 3. The molecular formula is C41H67IO5. The van der Waals surface area contributed by atoms with Crippen molar-refractivity contribution >= 4 is 42.9 Å². The molecule has 0 aromatic rings. The van der Waals surface area contributed by atoms with Crippen molar-refractivity contribution in [1.82, 2.24) is 0 Å². The van der Waals surface area contributed by atoms with Crippen molar-refractivity contribution in [3.63, 3.8) is 0 Å². The molecule has 3 aliphatic rings. The van der Waals surface area contributed by atoms with Gasteiger partial charge in [0.05, 0.1) is 12.8 Å². The predicted octanol–water partition coefficient (Wildman–Crippen LogP) is 11.0. The van der Waals surface area contributed by atoms with E-state index in [0.29, 0.717) is 29.6 Å². The molecular weight excluding hydrogens is 699 g/mol. The van der Waals surface area contributed by atoms with Crippen LogP contribution in [0.25, 0.3) is 0 Å². The van der Waals surface area contributed by atoms with Crippen LogP contribution in [0.3, 0.4) is 0 Å². The van der Waals surface area contributed by atoms with E-state index in [1.807, 2.05) is 13.8 Å². The van der Waals surface area contributed by atoms with Gasteiger partial charge in [0.1, 0.15) is 34.0 Å². The minimum Gasteiger partial charge on any atom is -0.461 e. The third-order valence-electron chi connectivity index (χ3n) is 13.2. The van der Waals surface area contributed by atoms with Gasteiger partial charge >= 0.3 is 11.9 Å². The second-order valence-electron chi connectivity index (χ2n) is 17.9. The fourth-order valence-corrected chi connectivity index (χ4v) is 12.3. The molecule has 268 valence electrons. The predicted molar refractivity (Wildman–Crippen MR) is 203 cm³/mol. The van der Waals surface area contributed by atoms with Gasteiger partial charge < -0.3 is 12.6 Å². The molecule has 3 saturated carbocycles. The van der Waals surface area contributed by atoms with Crippen LogP contribution in [-0.2, 0) is 22.2 Å². The molecule has 0 aromatic heterocycles. The van der Waals surface area contributed by atoms with Gasteiger partial charge in [-0.2, -0.15) is 0 Å². The quantitative estimate of drug-likeness (QED) is 0.0718. The molecule has 0 aliphatic heterocycles. The monoisotopic (exact) mass is 766 g/mol. The van der Waals surface area contributed by atoms with Crippen molar-refractivity contribution in [3.8, 4) is 0 Å². The van der Waals surface area contributed by atoms with Gasteiger partial charge in [0.2, 0.25) is 0 Å². The van der Waals surface area contributed by atoms with E-state index in [4.69, 9.17) is 7.80 Å². The fourth-order valence-electron chi connectivity index (χ4n) is 10.2. The molecule has 0 amide bonds. The van der Waals surface area contributed by atoms with Crippen molar-refractivity contribution in [2.45, 2.75) is 146 Å². The van der Waals surface area contributed by atoms with Crippen LogP contribution in [0.15, 0.2) is 24.8 Å². The third kappa shape index (κ3) is 8.89.